The maximum atomic E-state index is 9.19. The van der Waals surface area contributed by atoms with Crippen molar-refractivity contribution in [1.29, 1.82) is 0 Å². The van der Waals surface area contributed by atoms with E-state index in [1.54, 1.807) is 17.1 Å². The first-order valence-electron chi connectivity index (χ1n) is 5.17. The highest BCUT2D eigenvalue weighted by Gasteiger charge is 2.07. The van der Waals surface area contributed by atoms with Crippen LogP contribution in [-0.2, 0) is 6.61 Å². The van der Waals surface area contributed by atoms with Crippen LogP contribution in [0.15, 0.2) is 24.8 Å². The lowest BCUT2D eigenvalue weighted by atomic mass is 10.1. The van der Waals surface area contributed by atoms with Crippen LogP contribution in [0.4, 0.5) is 0 Å². The summed E-state index contributed by atoms with van der Waals surface area (Å²) in [6.07, 6.45) is 3.05. The summed E-state index contributed by atoms with van der Waals surface area (Å²) in [5.74, 6) is 1.00. The van der Waals surface area contributed by atoms with Crippen LogP contribution in [-0.4, -0.2) is 24.9 Å². The average molecular weight is 218 g/mol. The van der Waals surface area contributed by atoms with Crippen molar-refractivity contribution < 1.29 is 5.11 Å². The summed E-state index contributed by atoms with van der Waals surface area (Å²) in [7, 11) is 0. The molecule has 0 saturated carbocycles. The van der Waals surface area contributed by atoms with Gasteiger partial charge in [0.05, 0.1) is 6.61 Å². The Morgan fingerprint density at radius 2 is 2.19 bits per heavy atom. The third kappa shape index (κ3) is 2.09. The number of rotatable bonds is 3. The van der Waals surface area contributed by atoms with Crippen LogP contribution < -0.4 is 0 Å². The highest BCUT2D eigenvalue weighted by Crippen LogP contribution is 2.16. The second-order valence-corrected chi connectivity index (χ2v) is 3.91. The molecule has 1 N–H and O–H groups in total. The smallest absolute Gasteiger partial charge is 0.155 e. The van der Waals surface area contributed by atoms with Gasteiger partial charge in [0, 0.05) is 5.69 Å². The minimum absolute atomic E-state index is 0.00391. The maximum absolute atomic E-state index is 9.19. The van der Waals surface area contributed by atoms with Gasteiger partial charge in [-0.2, -0.15) is 5.10 Å². The van der Waals surface area contributed by atoms with Gasteiger partial charge in [-0.3, -0.25) is 0 Å². The van der Waals surface area contributed by atoms with E-state index in [0.29, 0.717) is 11.7 Å². The van der Waals surface area contributed by atoms with Crippen LogP contribution in [0, 0.1) is 0 Å². The van der Waals surface area contributed by atoms with Gasteiger partial charge in [0.1, 0.15) is 12.7 Å². The van der Waals surface area contributed by atoms with Crippen molar-refractivity contribution in [2.45, 2.75) is 26.4 Å². The van der Waals surface area contributed by atoms with E-state index in [4.69, 9.17) is 0 Å². The van der Waals surface area contributed by atoms with Crippen LogP contribution in [0.2, 0.25) is 0 Å². The number of nitrogens with zero attached hydrogens (tertiary/aromatic N) is 4. The molecule has 0 fully saturated rings. The SMILES string of the molecule is CC(C)c1cc(CO)cc(-n2cncn2)n1. The number of hydrogen-bond donors (Lipinski definition) is 1. The monoisotopic (exact) mass is 218 g/mol. The fraction of sp³-hybridized carbons (Fsp3) is 0.364. The molecule has 0 radical (unpaired) electrons. The summed E-state index contributed by atoms with van der Waals surface area (Å²) >= 11 is 0. The lowest BCUT2D eigenvalue weighted by molar-refractivity contribution is 0.281. The van der Waals surface area contributed by atoms with Gasteiger partial charge in [-0.15, -0.1) is 0 Å². The van der Waals surface area contributed by atoms with E-state index in [-0.39, 0.29) is 6.61 Å². The summed E-state index contributed by atoms with van der Waals surface area (Å²) in [4.78, 5) is 8.35. The topological polar surface area (TPSA) is 63.8 Å². The number of pyridine rings is 1. The molecule has 16 heavy (non-hydrogen) atoms. The highest BCUT2D eigenvalue weighted by atomic mass is 16.3. The van der Waals surface area contributed by atoms with Crippen LogP contribution in [0.5, 0.6) is 0 Å². The van der Waals surface area contributed by atoms with Crippen molar-refractivity contribution in [2.75, 3.05) is 0 Å². The quantitative estimate of drug-likeness (QED) is 0.842. The molecule has 5 nitrogen and oxygen atoms in total. The Morgan fingerprint density at radius 3 is 2.75 bits per heavy atom. The first kappa shape index (κ1) is 10.8. The zero-order valence-electron chi connectivity index (χ0n) is 9.33. The normalized spacial score (nSPS) is 11.0. The van der Waals surface area contributed by atoms with E-state index in [1.807, 2.05) is 6.07 Å². The van der Waals surface area contributed by atoms with Crippen molar-refractivity contribution in [2.24, 2.45) is 0 Å². The molecule has 2 rings (SSSR count). The number of aromatic nitrogens is 4. The van der Waals surface area contributed by atoms with Crippen LogP contribution in [0.1, 0.15) is 31.0 Å². The second kappa shape index (κ2) is 4.40. The molecule has 0 atom stereocenters. The Morgan fingerprint density at radius 1 is 1.38 bits per heavy atom. The minimum atomic E-state index is 0.00391. The van der Waals surface area contributed by atoms with Gasteiger partial charge in [0.25, 0.3) is 0 Å². The summed E-state index contributed by atoms with van der Waals surface area (Å²) in [5, 5.41) is 13.2. The van der Waals surface area contributed by atoms with Crippen molar-refractivity contribution >= 4 is 0 Å². The molecule has 0 aromatic carbocycles. The molecule has 5 heteroatoms. The molecule has 2 heterocycles. The van der Waals surface area contributed by atoms with Gasteiger partial charge in [-0.25, -0.2) is 14.6 Å². The molecule has 0 saturated heterocycles. The fourth-order valence-corrected chi connectivity index (χ4v) is 1.43. The van der Waals surface area contributed by atoms with Gasteiger partial charge in [-0.05, 0) is 23.6 Å². The average Bonchev–Trinajstić information content (AvgIpc) is 2.81. The fourth-order valence-electron chi connectivity index (χ4n) is 1.43. The number of aliphatic hydroxyl groups excluding tert-OH is 1. The molecule has 84 valence electrons. The van der Waals surface area contributed by atoms with E-state index >= 15 is 0 Å². The lowest BCUT2D eigenvalue weighted by Gasteiger charge is -2.09. The van der Waals surface area contributed by atoms with E-state index in [9.17, 15) is 5.11 Å². The molecule has 0 aliphatic rings. The standard InChI is InChI=1S/C11H14N4O/c1-8(2)10-3-9(5-16)4-11(14-10)15-7-12-6-13-15/h3-4,6-8,16H,5H2,1-2H3. The van der Waals surface area contributed by atoms with Crippen molar-refractivity contribution in [1.82, 2.24) is 19.7 Å². The van der Waals surface area contributed by atoms with E-state index in [2.05, 4.69) is 28.9 Å². The Hall–Kier alpha value is -1.75. The van der Waals surface area contributed by atoms with Crippen molar-refractivity contribution in [3.05, 3.63) is 36.0 Å². The van der Waals surface area contributed by atoms with Crippen LogP contribution >= 0.6 is 0 Å². The zero-order valence-corrected chi connectivity index (χ0v) is 9.33. The van der Waals surface area contributed by atoms with Gasteiger partial charge in [0.15, 0.2) is 5.82 Å². The first-order chi connectivity index (χ1) is 7.70. The molecule has 0 aliphatic heterocycles. The summed E-state index contributed by atoms with van der Waals surface area (Å²) in [6.45, 7) is 4.13. The van der Waals surface area contributed by atoms with Crippen LogP contribution in [0.25, 0.3) is 5.82 Å². The third-order valence-electron chi connectivity index (χ3n) is 2.32. The van der Waals surface area contributed by atoms with Gasteiger partial charge < -0.3 is 5.11 Å². The summed E-state index contributed by atoms with van der Waals surface area (Å²) in [6, 6.07) is 3.71. The largest absolute Gasteiger partial charge is 0.392 e. The Balaban J connectivity index is 2.49. The maximum Gasteiger partial charge on any atom is 0.155 e. The molecule has 0 spiro atoms. The molecule has 2 aromatic heterocycles. The number of hydrogen-bond acceptors (Lipinski definition) is 4. The Kier molecular flexibility index (Phi) is 2.96. The predicted molar refractivity (Wildman–Crippen MR) is 59.2 cm³/mol. The van der Waals surface area contributed by atoms with Gasteiger partial charge in [0.2, 0.25) is 0 Å². The van der Waals surface area contributed by atoms with Gasteiger partial charge in [-0.1, -0.05) is 13.8 Å². The first-order valence-corrected chi connectivity index (χ1v) is 5.17. The summed E-state index contributed by atoms with van der Waals surface area (Å²) < 4.78 is 1.59. The highest BCUT2D eigenvalue weighted by molar-refractivity contribution is 5.30. The zero-order chi connectivity index (χ0) is 11.5. The molecular formula is C11H14N4O. The summed E-state index contributed by atoms with van der Waals surface area (Å²) in [5.41, 5.74) is 1.78. The van der Waals surface area contributed by atoms with Crippen LogP contribution in [0.3, 0.4) is 0 Å². The molecule has 2 aromatic rings. The Labute approximate surface area is 93.8 Å². The molecule has 0 amide bonds. The van der Waals surface area contributed by atoms with E-state index < -0.39 is 0 Å². The molecule has 0 bridgehead atoms. The third-order valence-corrected chi connectivity index (χ3v) is 2.32. The second-order valence-electron chi connectivity index (χ2n) is 3.91. The van der Waals surface area contributed by atoms with Crippen molar-refractivity contribution in [3.63, 3.8) is 0 Å². The minimum Gasteiger partial charge on any atom is -0.392 e. The number of aliphatic hydroxyl groups is 1. The molecular weight excluding hydrogens is 204 g/mol. The van der Waals surface area contributed by atoms with Gasteiger partial charge >= 0.3 is 0 Å². The van der Waals surface area contributed by atoms with E-state index in [0.717, 1.165) is 11.3 Å². The van der Waals surface area contributed by atoms with E-state index in [1.165, 1.54) is 6.33 Å². The molecule has 0 unspecified atom stereocenters. The van der Waals surface area contributed by atoms with Crippen molar-refractivity contribution in [3.8, 4) is 5.82 Å². The predicted octanol–water partition coefficient (Wildman–Crippen LogP) is 1.28. The lowest BCUT2D eigenvalue weighted by Crippen LogP contribution is -2.04. The Bertz CT molecular complexity index is 465. The molecule has 0 aliphatic carbocycles.